The highest BCUT2D eigenvalue weighted by molar-refractivity contribution is 5.55. The Morgan fingerprint density at radius 2 is 2.00 bits per heavy atom. The van der Waals surface area contributed by atoms with Crippen LogP contribution in [0.15, 0.2) is 34.9 Å². The number of halogens is 1. The molecule has 5 heteroatoms. The maximum atomic E-state index is 13.0. The SMILES string of the molecule is CCN(c1ccc(F)cc1)c1nc(CNCC(C)C)co1. The van der Waals surface area contributed by atoms with Crippen molar-refractivity contribution in [2.24, 2.45) is 5.92 Å². The van der Waals surface area contributed by atoms with Crippen LogP contribution < -0.4 is 10.2 Å². The Kier molecular flexibility index (Phi) is 5.33. The van der Waals surface area contributed by atoms with Crippen LogP contribution in [0.4, 0.5) is 16.1 Å². The van der Waals surface area contributed by atoms with E-state index in [1.807, 2.05) is 11.8 Å². The third-order valence-electron chi connectivity index (χ3n) is 3.08. The molecule has 0 fully saturated rings. The van der Waals surface area contributed by atoms with Gasteiger partial charge >= 0.3 is 6.01 Å². The van der Waals surface area contributed by atoms with Gasteiger partial charge in [-0.15, -0.1) is 0 Å². The third-order valence-corrected chi connectivity index (χ3v) is 3.08. The van der Waals surface area contributed by atoms with Crippen molar-refractivity contribution in [3.63, 3.8) is 0 Å². The second kappa shape index (κ2) is 7.22. The molecular weight excluding hydrogens is 269 g/mol. The standard InChI is InChI=1S/C16H22FN3O/c1-4-20(15-7-5-13(17)6-8-15)16-19-14(11-21-16)10-18-9-12(2)3/h5-8,11-12,18H,4,9-10H2,1-3H3. The molecule has 0 radical (unpaired) electrons. The Morgan fingerprint density at radius 1 is 1.29 bits per heavy atom. The number of rotatable bonds is 7. The lowest BCUT2D eigenvalue weighted by Gasteiger charge is -2.18. The smallest absolute Gasteiger partial charge is 0.302 e. The molecule has 0 aliphatic heterocycles. The van der Waals surface area contributed by atoms with Gasteiger partial charge in [0, 0.05) is 18.8 Å². The molecule has 0 bridgehead atoms. The first-order valence-electron chi connectivity index (χ1n) is 7.28. The van der Waals surface area contributed by atoms with E-state index >= 15 is 0 Å². The van der Waals surface area contributed by atoms with Crippen LogP contribution in [0.25, 0.3) is 0 Å². The van der Waals surface area contributed by atoms with Crippen molar-refractivity contribution >= 4 is 11.7 Å². The van der Waals surface area contributed by atoms with Crippen LogP contribution in [0.2, 0.25) is 0 Å². The van der Waals surface area contributed by atoms with Crippen molar-refractivity contribution in [2.45, 2.75) is 27.3 Å². The van der Waals surface area contributed by atoms with Crippen LogP contribution >= 0.6 is 0 Å². The molecule has 0 atom stereocenters. The summed E-state index contributed by atoms with van der Waals surface area (Å²) in [6.45, 7) is 8.65. The molecule has 0 aliphatic rings. The third kappa shape index (κ3) is 4.29. The van der Waals surface area contributed by atoms with E-state index in [9.17, 15) is 4.39 Å². The van der Waals surface area contributed by atoms with Gasteiger partial charge in [-0.1, -0.05) is 13.8 Å². The van der Waals surface area contributed by atoms with Gasteiger partial charge in [0.25, 0.3) is 0 Å². The number of aromatic nitrogens is 1. The van der Waals surface area contributed by atoms with Gasteiger partial charge in [0.05, 0.1) is 5.69 Å². The molecule has 0 aliphatic carbocycles. The van der Waals surface area contributed by atoms with Gasteiger partial charge in [0.2, 0.25) is 0 Å². The summed E-state index contributed by atoms with van der Waals surface area (Å²) < 4.78 is 18.5. The average Bonchev–Trinajstić information content (AvgIpc) is 2.90. The fourth-order valence-corrected chi connectivity index (χ4v) is 2.04. The molecule has 1 aromatic carbocycles. The quantitative estimate of drug-likeness (QED) is 0.844. The summed E-state index contributed by atoms with van der Waals surface area (Å²) in [6, 6.07) is 6.85. The average molecular weight is 291 g/mol. The number of hydrogen-bond donors (Lipinski definition) is 1. The number of benzene rings is 1. The van der Waals surface area contributed by atoms with Crippen molar-refractivity contribution in [3.8, 4) is 0 Å². The topological polar surface area (TPSA) is 41.3 Å². The van der Waals surface area contributed by atoms with Gasteiger partial charge in [-0.3, -0.25) is 4.90 Å². The van der Waals surface area contributed by atoms with E-state index < -0.39 is 0 Å². The molecule has 4 nitrogen and oxygen atoms in total. The molecule has 0 saturated carbocycles. The number of nitrogens with one attached hydrogen (secondary N) is 1. The zero-order chi connectivity index (χ0) is 15.2. The summed E-state index contributed by atoms with van der Waals surface area (Å²) in [4.78, 5) is 6.39. The minimum absolute atomic E-state index is 0.249. The lowest BCUT2D eigenvalue weighted by atomic mass is 10.2. The van der Waals surface area contributed by atoms with Gasteiger partial charge in [-0.25, -0.2) is 4.39 Å². The summed E-state index contributed by atoms with van der Waals surface area (Å²) in [7, 11) is 0. The maximum Gasteiger partial charge on any atom is 0.302 e. The molecule has 1 aromatic heterocycles. The minimum Gasteiger partial charge on any atom is -0.431 e. The minimum atomic E-state index is -0.249. The van der Waals surface area contributed by atoms with Gasteiger partial charge < -0.3 is 9.73 Å². The number of nitrogens with zero attached hydrogens (tertiary/aromatic N) is 2. The fourth-order valence-electron chi connectivity index (χ4n) is 2.04. The monoisotopic (exact) mass is 291 g/mol. The molecule has 1 heterocycles. The Morgan fingerprint density at radius 3 is 2.62 bits per heavy atom. The van der Waals surface area contributed by atoms with Crippen molar-refractivity contribution in [1.29, 1.82) is 0 Å². The second-order valence-corrected chi connectivity index (χ2v) is 5.37. The lowest BCUT2D eigenvalue weighted by Crippen LogP contribution is -2.19. The zero-order valence-electron chi connectivity index (χ0n) is 12.8. The van der Waals surface area contributed by atoms with Crippen molar-refractivity contribution in [3.05, 3.63) is 42.0 Å². The first-order valence-corrected chi connectivity index (χ1v) is 7.28. The van der Waals surface area contributed by atoms with E-state index in [0.717, 1.165) is 17.9 Å². The normalized spacial score (nSPS) is 11.1. The van der Waals surface area contributed by atoms with E-state index in [2.05, 4.69) is 24.1 Å². The molecule has 21 heavy (non-hydrogen) atoms. The van der Waals surface area contributed by atoms with Crippen LogP contribution in [-0.4, -0.2) is 18.1 Å². The summed E-state index contributed by atoms with van der Waals surface area (Å²) in [5.41, 5.74) is 1.73. The highest BCUT2D eigenvalue weighted by Crippen LogP contribution is 2.24. The molecule has 114 valence electrons. The molecular formula is C16H22FN3O. The molecule has 2 aromatic rings. The Balaban J connectivity index is 2.05. The maximum absolute atomic E-state index is 13.0. The summed E-state index contributed by atoms with van der Waals surface area (Å²) in [5.74, 6) is 0.350. The number of anilines is 2. The van der Waals surface area contributed by atoms with Crippen molar-refractivity contribution in [2.75, 3.05) is 18.0 Å². The summed E-state index contributed by atoms with van der Waals surface area (Å²) in [6.07, 6.45) is 1.66. The van der Waals surface area contributed by atoms with Crippen LogP contribution in [0.3, 0.4) is 0 Å². The Hall–Kier alpha value is -1.88. The van der Waals surface area contributed by atoms with E-state index in [4.69, 9.17) is 4.42 Å². The second-order valence-electron chi connectivity index (χ2n) is 5.37. The van der Waals surface area contributed by atoms with E-state index in [1.54, 1.807) is 18.4 Å². The Bertz CT molecular complexity index is 551. The summed E-state index contributed by atoms with van der Waals surface area (Å²) in [5, 5.41) is 3.33. The largest absolute Gasteiger partial charge is 0.431 e. The molecule has 0 spiro atoms. The highest BCUT2D eigenvalue weighted by Gasteiger charge is 2.13. The fraction of sp³-hybridized carbons (Fsp3) is 0.438. The summed E-state index contributed by atoms with van der Waals surface area (Å²) >= 11 is 0. The number of oxazole rings is 1. The Labute approximate surface area is 125 Å². The van der Waals surface area contributed by atoms with Crippen LogP contribution in [0.5, 0.6) is 0 Å². The van der Waals surface area contributed by atoms with E-state index in [-0.39, 0.29) is 5.82 Å². The molecule has 0 saturated heterocycles. The molecule has 0 amide bonds. The van der Waals surface area contributed by atoms with Gasteiger partial charge in [0.1, 0.15) is 12.1 Å². The van der Waals surface area contributed by atoms with Crippen molar-refractivity contribution < 1.29 is 8.81 Å². The first kappa shape index (κ1) is 15.5. The van der Waals surface area contributed by atoms with E-state index in [1.165, 1.54) is 12.1 Å². The van der Waals surface area contributed by atoms with Gasteiger partial charge in [0.15, 0.2) is 0 Å². The lowest BCUT2D eigenvalue weighted by molar-refractivity contribution is 0.539. The first-order chi connectivity index (χ1) is 10.1. The predicted molar refractivity (Wildman–Crippen MR) is 82.1 cm³/mol. The zero-order valence-corrected chi connectivity index (χ0v) is 12.8. The number of hydrogen-bond acceptors (Lipinski definition) is 4. The van der Waals surface area contributed by atoms with Gasteiger partial charge in [-0.2, -0.15) is 4.98 Å². The van der Waals surface area contributed by atoms with Crippen LogP contribution in [0, 0.1) is 11.7 Å². The molecule has 2 rings (SSSR count). The van der Waals surface area contributed by atoms with Crippen LogP contribution in [-0.2, 0) is 6.54 Å². The predicted octanol–water partition coefficient (Wildman–Crippen LogP) is 3.72. The van der Waals surface area contributed by atoms with Crippen LogP contribution in [0.1, 0.15) is 26.5 Å². The molecule has 0 unspecified atom stereocenters. The van der Waals surface area contributed by atoms with Crippen molar-refractivity contribution in [1.82, 2.24) is 10.3 Å². The molecule has 1 N–H and O–H groups in total. The van der Waals surface area contributed by atoms with E-state index in [0.29, 0.717) is 25.0 Å². The van der Waals surface area contributed by atoms with Gasteiger partial charge in [-0.05, 0) is 43.7 Å². The highest BCUT2D eigenvalue weighted by atomic mass is 19.1.